The van der Waals surface area contributed by atoms with Crippen molar-refractivity contribution in [2.45, 2.75) is 26.8 Å². The first-order chi connectivity index (χ1) is 9.54. The fourth-order valence-corrected chi connectivity index (χ4v) is 2.51. The summed E-state index contributed by atoms with van der Waals surface area (Å²) in [6.45, 7) is 4.76. The van der Waals surface area contributed by atoms with Crippen LogP contribution in [-0.2, 0) is 13.0 Å². The lowest BCUT2D eigenvalue weighted by Gasteiger charge is -2.27. The zero-order valence-corrected chi connectivity index (χ0v) is 11.5. The number of fused-ring (bicyclic) bond motifs is 1. The van der Waals surface area contributed by atoms with E-state index in [1.54, 1.807) is 24.1 Å². The normalized spacial score (nSPS) is 14.2. The van der Waals surface area contributed by atoms with E-state index in [0.717, 1.165) is 23.4 Å². The van der Waals surface area contributed by atoms with E-state index in [0.29, 0.717) is 24.4 Å². The number of carbonyl (C=O) groups excluding carboxylic acids is 1. The predicted molar refractivity (Wildman–Crippen MR) is 73.1 cm³/mol. The molecule has 3 heterocycles. The fourth-order valence-electron chi connectivity index (χ4n) is 2.51. The first kappa shape index (κ1) is 12.7. The number of nitrogen functional groups attached to an aromatic ring is 1. The highest BCUT2D eigenvalue weighted by Gasteiger charge is 2.25. The van der Waals surface area contributed by atoms with Gasteiger partial charge in [0.25, 0.3) is 5.91 Å². The summed E-state index contributed by atoms with van der Waals surface area (Å²) in [5.41, 5.74) is 8.11. The van der Waals surface area contributed by atoms with Gasteiger partial charge in [0.05, 0.1) is 17.8 Å². The number of hydrogen-bond donors (Lipinski definition) is 1. The summed E-state index contributed by atoms with van der Waals surface area (Å²) in [7, 11) is 0. The SMILES string of the molecule is Cc1cc(C(=O)N2CCc3cnc(N)nc3C2)c(C)o1. The molecular weight excluding hydrogens is 256 g/mol. The van der Waals surface area contributed by atoms with Crippen LogP contribution in [0.4, 0.5) is 5.95 Å². The molecule has 1 aliphatic rings. The van der Waals surface area contributed by atoms with Crippen molar-refractivity contribution in [3.63, 3.8) is 0 Å². The van der Waals surface area contributed by atoms with Crippen LogP contribution < -0.4 is 5.73 Å². The van der Waals surface area contributed by atoms with Crippen LogP contribution in [0, 0.1) is 13.8 Å². The topological polar surface area (TPSA) is 85.2 Å². The molecule has 3 rings (SSSR count). The Morgan fingerprint density at radius 3 is 2.95 bits per heavy atom. The number of rotatable bonds is 1. The van der Waals surface area contributed by atoms with Gasteiger partial charge in [-0.1, -0.05) is 0 Å². The van der Waals surface area contributed by atoms with Gasteiger partial charge in [-0.15, -0.1) is 0 Å². The molecule has 1 aliphatic heterocycles. The summed E-state index contributed by atoms with van der Waals surface area (Å²) in [6.07, 6.45) is 2.49. The van der Waals surface area contributed by atoms with Crippen LogP contribution in [0.3, 0.4) is 0 Å². The van der Waals surface area contributed by atoms with Crippen molar-refractivity contribution < 1.29 is 9.21 Å². The second-order valence-corrected chi connectivity index (χ2v) is 5.00. The largest absolute Gasteiger partial charge is 0.466 e. The molecule has 0 spiro atoms. The Bertz CT molecular complexity index is 678. The highest BCUT2D eigenvalue weighted by molar-refractivity contribution is 5.95. The van der Waals surface area contributed by atoms with Gasteiger partial charge in [0.1, 0.15) is 11.5 Å². The van der Waals surface area contributed by atoms with Gasteiger partial charge >= 0.3 is 0 Å². The number of carbonyl (C=O) groups is 1. The third-order valence-electron chi connectivity index (χ3n) is 3.52. The smallest absolute Gasteiger partial charge is 0.257 e. The number of furan rings is 1. The van der Waals surface area contributed by atoms with Crippen LogP contribution >= 0.6 is 0 Å². The Hall–Kier alpha value is -2.37. The average Bonchev–Trinajstić information content (AvgIpc) is 2.76. The second-order valence-electron chi connectivity index (χ2n) is 5.00. The first-order valence-corrected chi connectivity index (χ1v) is 6.51. The zero-order chi connectivity index (χ0) is 14.3. The lowest BCUT2D eigenvalue weighted by Crippen LogP contribution is -2.36. The van der Waals surface area contributed by atoms with Gasteiger partial charge in [0, 0.05) is 12.7 Å². The van der Waals surface area contributed by atoms with Crippen LogP contribution in [0.2, 0.25) is 0 Å². The minimum Gasteiger partial charge on any atom is -0.466 e. The molecule has 2 N–H and O–H groups in total. The first-order valence-electron chi connectivity index (χ1n) is 6.51. The summed E-state index contributed by atoms with van der Waals surface area (Å²) in [4.78, 5) is 22.5. The molecule has 0 bridgehead atoms. The molecule has 1 amide bonds. The van der Waals surface area contributed by atoms with Crippen LogP contribution in [0.15, 0.2) is 16.7 Å². The Kier molecular flexibility index (Phi) is 2.93. The fraction of sp³-hybridized carbons (Fsp3) is 0.357. The Labute approximate surface area is 116 Å². The Morgan fingerprint density at radius 2 is 2.25 bits per heavy atom. The molecule has 0 aliphatic carbocycles. The summed E-state index contributed by atoms with van der Waals surface area (Å²) < 4.78 is 5.42. The van der Waals surface area contributed by atoms with Crippen LogP contribution in [0.1, 0.15) is 33.1 Å². The van der Waals surface area contributed by atoms with Crippen LogP contribution in [0.25, 0.3) is 0 Å². The molecule has 20 heavy (non-hydrogen) atoms. The third kappa shape index (κ3) is 2.13. The van der Waals surface area contributed by atoms with Gasteiger partial charge in [0.2, 0.25) is 5.95 Å². The van der Waals surface area contributed by atoms with Crippen LogP contribution in [-0.4, -0.2) is 27.3 Å². The number of amides is 1. The second kappa shape index (κ2) is 4.63. The van der Waals surface area contributed by atoms with Crippen molar-refractivity contribution in [3.05, 3.63) is 40.6 Å². The maximum Gasteiger partial charge on any atom is 0.257 e. The van der Waals surface area contributed by atoms with Crippen molar-refractivity contribution in [2.24, 2.45) is 0 Å². The van der Waals surface area contributed by atoms with Gasteiger partial charge in [-0.2, -0.15) is 0 Å². The van der Waals surface area contributed by atoms with Crippen LogP contribution in [0.5, 0.6) is 0 Å². The van der Waals surface area contributed by atoms with E-state index >= 15 is 0 Å². The van der Waals surface area contributed by atoms with Crippen molar-refractivity contribution in [2.75, 3.05) is 12.3 Å². The number of nitrogens with two attached hydrogens (primary N) is 1. The van der Waals surface area contributed by atoms with Crippen molar-refractivity contribution >= 4 is 11.9 Å². The molecule has 0 atom stereocenters. The average molecular weight is 272 g/mol. The molecule has 0 saturated heterocycles. The number of aryl methyl sites for hydroxylation is 2. The Morgan fingerprint density at radius 1 is 1.45 bits per heavy atom. The molecule has 2 aromatic rings. The minimum absolute atomic E-state index is 0.0258. The number of anilines is 1. The highest BCUT2D eigenvalue weighted by Crippen LogP contribution is 2.21. The lowest BCUT2D eigenvalue weighted by atomic mass is 10.1. The molecule has 104 valence electrons. The van der Waals surface area contributed by atoms with Gasteiger partial charge in [-0.05, 0) is 31.9 Å². The minimum atomic E-state index is -0.0258. The highest BCUT2D eigenvalue weighted by atomic mass is 16.3. The molecule has 0 radical (unpaired) electrons. The van der Waals surface area contributed by atoms with Gasteiger partial charge in [-0.3, -0.25) is 4.79 Å². The molecule has 0 aromatic carbocycles. The number of hydrogen-bond acceptors (Lipinski definition) is 5. The summed E-state index contributed by atoms with van der Waals surface area (Å²) >= 11 is 0. The lowest BCUT2D eigenvalue weighted by molar-refractivity contribution is 0.0730. The molecule has 6 heteroatoms. The Balaban J connectivity index is 1.86. The summed E-state index contributed by atoms with van der Waals surface area (Å²) in [6, 6.07) is 1.78. The molecule has 0 unspecified atom stereocenters. The molecular formula is C14H16N4O2. The van der Waals surface area contributed by atoms with Gasteiger partial charge in [0.15, 0.2) is 0 Å². The molecule has 2 aromatic heterocycles. The maximum atomic E-state index is 12.5. The van der Waals surface area contributed by atoms with Crippen molar-refractivity contribution in [3.8, 4) is 0 Å². The molecule has 0 saturated carbocycles. The van der Waals surface area contributed by atoms with Crippen molar-refractivity contribution in [1.82, 2.24) is 14.9 Å². The number of aromatic nitrogens is 2. The molecule has 0 fully saturated rings. The summed E-state index contributed by atoms with van der Waals surface area (Å²) in [5.74, 6) is 1.62. The zero-order valence-electron chi connectivity index (χ0n) is 11.5. The van der Waals surface area contributed by atoms with E-state index in [9.17, 15) is 4.79 Å². The van der Waals surface area contributed by atoms with E-state index in [-0.39, 0.29) is 11.9 Å². The van der Waals surface area contributed by atoms with Gasteiger partial charge in [-0.25, -0.2) is 9.97 Å². The third-order valence-corrected chi connectivity index (χ3v) is 3.52. The van der Waals surface area contributed by atoms with Gasteiger partial charge < -0.3 is 15.1 Å². The standard InChI is InChI=1S/C14H16N4O2/c1-8-5-11(9(2)20-8)13(19)18-4-3-10-6-16-14(15)17-12(10)7-18/h5-6H,3-4,7H2,1-2H3,(H2,15,16,17). The van der Waals surface area contributed by atoms with E-state index in [4.69, 9.17) is 10.2 Å². The number of nitrogens with zero attached hydrogens (tertiary/aromatic N) is 3. The quantitative estimate of drug-likeness (QED) is 0.849. The van der Waals surface area contributed by atoms with E-state index in [2.05, 4.69) is 9.97 Å². The van der Waals surface area contributed by atoms with E-state index in [1.807, 2.05) is 6.92 Å². The van der Waals surface area contributed by atoms with E-state index in [1.165, 1.54) is 0 Å². The van der Waals surface area contributed by atoms with Crippen molar-refractivity contribution in [1.29, 1.82) is 0 Å². The summed E-state index contributed by atoms with van der Waals surface area (Å²) in [5, 5.41) is 0. The van der Waals surface area contributed by atoms with E-state index < -0.39 is 0 Å². The molecule has 6 nitrogen and oxygen atoms in total. The monoisotopic (exact) mass is 272 g/mol. The predicted octanol–water partition coefficient (Wildman–Crippen LogP) is 1.47. The maximum absolute atomic E-state index is 12.5.